The lowest BCUT2D eigenvalue weighted by molar-refractivity contribution is -0.107. The molecule has 82 valence electrons. The summed E-state index contributed by atoms with van der Waals surface area (Å²) in [6.45, 7) is 0. The van der Waals surface area contributed by atoms with Gasteiger partial charge in [-0.05, 0) is 18.6 Å². The predicted molar refractivity (Wildman–Crippen MR) is 60.1 cm³/mol. The van der Waals surface area contributed by atoms with E-state index in [-0.39, 0.29) is 0 Å². The topological polar surface area (TPSA) is 43.1 Å². The second kappa shape index (κ2) is 5.35. The van der Waals surface area contributed by atoms with Gasteiger partial charge in [-0.2, -0.15) is 11.8 Å². The monoisotopic (exact) mass is 225 g/mol. The van der Waals surface area contributed by atoms with Crippen LogP contribution in [0.1, 0.15) is 30.9 Å². The molecule has 0 saturated carbocycles. The molecule has 1 unspecified atom stereocenters. The Morgan fingerprint density at radius 3 is 3.27 bits per heavy atom. The van der Waals surface area contributed by atoms with Gasteiger partial charge in [-0.15, -0.1) is 0 Å². The van der Waals surface area contributed by atoms with Gasteiger partial charge in [0.15, 0.2) is 5.89 Å². The Morgan fingerprint density at radius 2 is 2.53 bits per heavy atom. The van der Waals surface area contributed by atoms with E-state index in [4.69, 9.17) is 4.42 Å². The van der Waals surface area contributed by atoms with Crippen LogP contribution in [0.25, 0.3) is 0 Å². The van der Waals surface area contributed by atoms with Gasteiger partial charge in [-0.25, -0.2) is 4.98 Å². The standard InChI is InChI=1S/C11H15NO2S/c13-5-4-9-8-12-11(14-9)7-10-3-1-2-6-15-10/h5,8,10H,1-4,6-7H2. The average molecular weight is 225 g/mol. The molecule has 0 bridgehead atoms. The van der Waals surface area contributed by atoms with Crippen LogP contribution in [0.2, 0.25) is 0 Å². The molecule has 2 heterocycles. The summed E-state index contributed by atoms with van der Waals surface area (Å²) in [7, 11) is 0. The predicted octanol–water partition coefficient (Wildman–Crippen LogP) is 2.24. The third kappa shape index (κ3) is 3.09. The first-order valence-corrected chi connectivity index (χ1v) is 6.42. The molecule has 1 aliphatic rings. The number of rotatable bonds is 4. The molecule has 0 aromatic carbocycles. The normalized spacial score (nSPS) is 21.5. The van der Waals surface area contributed by atoms with Gasteiger partial charge in [-0.3, -0.25) is 0 Å². The molecule has 1 aromatic heterocycles. The number of carbonyl (C=O) groups excluding carboxylic acids is 1. The number of carbonyl (C=O) groups is 1. The molecule has 15 heavy (non-hydrogen) atoms. The van der Waals surface area contributed by atoms with Gasteiger partial charge >= 0.3 is 0 Å². The maximum atomic E-state index is 10.3. The molecule has 0 spiro atoms. The highest BCUT2D eigenvalue weighted by molar-refractivity contribution is 7.99. The van der Waals surface area contributed by atoms with Gasteiger partial charge < -0.3 is 9.21 Å². The summed E-state index contributed by atoms with van der Waals surface area (Å²) < 4.78 is 5.47. The maximum absolute atomic E-state index is 10.3. The first-order chi connectivity index (χ1) is 7.38. The highest BCUT2D eigenvalue weighted by atomic mass is 32.2. The number of hydrogen-bond acceptors (Lipinski definition) is 4. The number of hydrogen-bond donors (Lipinski definition) is 0. The van der Waals surface area contributed by atoms with E-state index in [0.717, 1.165) is 18.6 Å². The highest BCUT2D eigenvalue weighted by Crippen LogP contribution is 2.27. The molecule has 1 atom stereocenters. The Kier molecular flexibility index (Phi) is 3.83. The number of aromatic nitrogens is 1. The van der Waals surface area contributed by atoms with Crippen molar-refractivity contribution in [2.24, 2.45) is 0 Å². The van der Waals surface area contributed by atoms with Crippen molar-refractivity contribution in [2.45, 2.75) is 37.4 Å². The number of aldehydes is 1. The Bertz CT molecular complexity index is 318. The lowest BCUT2D eigenvalue weighted by Crippen LogP contribution is -2.12. The summed E-state index contributed by atoms with van der Waals surface area (Å²) >= 11 is 2.01. The van der Waals surface area contributed by atoms with E-state index in [1.54, 1.807) is 6.20 Å². The fourth-order valence-corrected chi connectivity index (χ4v) is 3.08. The average Bonchev–Trinajstić information content (AvgIpc) is 2.68. The summed E-state index contributed by atoms with van der Waals surface area (Å²) in [5.74, 6) is 2.72. The molecule has 0 amide bonds. The highest BCUT2D eigenvalue weighted by Gasteiger charge is 2.16. The summed E-state index contributed by atoms with van der Waals surface area (Å²) in [6.07, 6.45) is 7.67. The van der Waals surface area contributed by atoms with E-state index in [1.165, 1.54) is 25.0 Å². The molecule has 1 aromatic rings. The first kappa shape index (κ1) is 10.7. The quantitative estimate of drug-likeness (QED) is 0.737. The minimum absolute atomic E-state index is 0.338. The summed E-state index contributed by atoms with van der Waals surface area (Å²) in [5, 5.41) is 0.654. The smallest absolute Gasteiger partial charge is 0.195 e. The van der Waals surface area contributed by atoms with Crippen LogP contribution < -0.4 is 0 Å². The maximum Gasteiger partial charge on any atom is 0.195 e. The molecule has 1 fully saturated rings. The molecule has 4 heteroatoms. The SMILES string of the molecule is O=CCc1cnc(CC2CCCCS2)o1. The Balaban J connectivity index is 1.88. The Morgan fingerprint density at radius 1 is 1.60 bits per heavy atom. The van der Waals surface area contributed by atoms with Crippen LogP contribution in [-0.4, -0.2) is 22.3 Å². The van der Waals surface area contributed by atoms with Crippen molar-refractivity contribution in [3.63, 3.8) is 0 Å². The molecule has 0 radical (unpaired) electrons. The molecular weight excluding hydrogens is 210 g/mol. The third-order valence-corrected chi connectivity index (χ3v) is 3.96. The molecule has 1 aliphatic heterocycles. The van der Waals surface area contributed by atoms with Crippen molar-refractivity contribution >= 4 is 18.0 Å². The van der Waals surface area contributed by atoms with E-state index in [1.807, 2.05) is 11.8 Å². The van der Waals surface area contributed by atoms with Crippen LogP contribution in [0.5, 0.6) is 0 Å². The lowest BCUT2D eigenvalue weighted by atomic mass is 10.1. The number of oxazole rings is 1. The molecule has 3 nitrogen and oxygen atoms in total. The molecule has 1 saturated heterocycles. The van der Waals surface area contributed by atoms with Crippen molar-refractivity contribution in [3.8, 4) is 0 Å². The van der Waals surface area contributed by atoms with E-state index < -0.39 is 0 Å². The van der Waals surface area contributed by atoms with Gasteiger partial charge in [0.05, 0.1) is 12.6 Å². The van der Waals surface area contributed by atoms with E-state index >= 15 is 0 Å². The van der Waals surface area contributed by atoms with Crippen LogP contribution in [0.4, 0.5) is 0 Å². The largest absolute Gasteiger partial charge is 0.445 e. The third-order valence-electron chi connectivity index (χ3n) is 2.56. The van der Waals surface area contributed by atoms with E-state index in [9.17, 15) is 4.79 Å². The van der Waals surface area contributed by atoms with Crippen molar-refractivity contribution in [2.75, 3.05) is 5.75 Å². The second-order valence-electron chi connectivity index (χ2n) is 3.78. The van der Waals surface area contributed by atoms with Gasteiger partial charge in [0.1, 0.15) is 12.0 Å². The zero-order valence-corrected chi connectivity index (χ0v) is 9.46. The van der Waals surface area contributed by atoms with Gasteiger partial charge in [0.2, 0.25) is 0 Å². The fourth-order valence-electron chi connectivity index (χ4n) is 1.78. The van der Waals surface area contributed by atoms with Crippen molar-refractivity contribution in [1.29, 1.82) is 0 Å². The minimum Gasteiger partial charge on any atom is -0.445 e. The molecule has 2 rings (SSSR count). The van der Waals surface area contributed by atoms with Crippen LogP contribution in [-0.2, 0) is 17.6 Å². The summed E-state index contributed by atoms with van der Waals surface area (Å²) in [5.41, 5.74) is 0. The zero-order valence-electron chi connectivity index (χ0n) is 8.65. The zero-order chi connectivity index (χ0) is 10.5. The Labute approximate surface area is 93.6 Å². The summed E-state index contributed by atoms with van der Waals surface area (Å²) in [6, 6.07) is 0. The van der Waals surface area contributed by atoms with Crippen LogP contribution in [0, 0.1) is 0 Å². The number of thioether (sulfide) groups is 1. The molecule has 0 N–H and O–H groups in total. The van der Waals surface area contributed by atoms with Crippen LogP contribution >= 0.6 is 11.8 Å². The van der Waals surface area contributed by atoms with E-state index in [0.29, 0.717) is 17.4 Å². The van der Waals surface area contributed by atoms with Crippen molar-refractivity contribution in [1.82, 2.24) is 4.98 Å². The van der Waals surface area contributed by atoms with Crippen LogP contribution in [0.3, 0.4) is 0 Å². The minimum atomic E-state index is 0.338. The molecule has 0 aliphatic carbocycles. The van der Waals surface area contributed by atoms with Gasteiger partial charge in [0, 0.05) is 11.7 Å². The first-order valence-electron chi connectivity index (χ1n) is 5.37. The van der Waals surface area contributed by atoms with Crippen molar-refractivity contribution in [3.05, 3.63) is 17.8 Å². The second-order valence-corrected chi connectivity index (χ2v) is 5.19. The summed E-state index contributed by atoms with van der Waals surface area (Å²) in [4.78, 5) is 14.5. The fraction of sp³-hybridized carbons (Fsp3) is 0.636. The number of nitrogens with zero attached hydrogens (tertiary/aromatic N) is 1. The van der Waals surface area contributed by atoms with Crippen LogP contribution in [0.15, 0.2) is 10.6 Å². The van der Waals surface area contributed by atoms with Crippen molar-refractivity contribution < 1.29 is 9.21 Å². The molecular formula is C11H15NO2S. The lowest BCUT2D eigenvalue weighted by Gasteiger charge is -2.19. The van der Waals surface area contributed by atoms with Gasteiger partial charge in [0.25, 0.3) is 0 Å². The van der Waals surface area contributed by atoms with Gasteiger partial charge in [-0.1, -0.05) is 6.42 Å². The Hall–Kier alpha value is -0.770. The van der Waals surface area contributed by atoms with E-state index in [2.05, 4.69) is 4.98 Å².